The van der Waals surface area contributed by atoms with Crippen LogP contribution in [0, 0.1) is 15.4 Å². The Morgan fingerprint density at radius 2 is 2.20 bits per heavy atom. The van der Waals surface area contributed by atoms with Crippen molar-refractivity contribution in [1.29, 1.82) is 0 Å². The van der Waals surface area contributed by atoms with Crippen LogP contribution in [-0.2, 0) is 9.59 Å². The number of hydrogen-bond donors (Lipinski definition) is 1. The smallest absolute Gasteiger partial charge is 0.308 e. The lowest BCUT2D eigenvalue weighted by Crippen LogP contribution is -2.33. The van der Waals surface area contributed by atoms with Crippen LogP contribution in [0.15, 0.2) is 24.3 Å². The van der Waals surface area contributed by atoms with E-state index < -0.39 is 11.9 Å². The molecule has 1 amide bonds. The number of amides is 1. The highest BCUT2D eigenvalue weighted by molar-refractivity contribution is 14.1. The third-order valence-electron chi connectivity index (χ3n) is 3.44. The number of carbonyl (C=O) groups is 2. The average Bonchev–Trinajstić information content (AvgIpc) is 2.78. The van der Waals surface area contributed by atoms with Crippen LogP contribution >= 0.6 is 22.6 Å². The van der Waals surface area contributed by atoms with Crippen LogP contribution < -0.4 is 4.74 Å². The maximum absolute atomic E-state index is 12.0. The van der Waals surface area contributed by atoms with Crippen molar-refractivity contribution in [3.05, 3.63) is 27.8 Å². The molecule has 0 aromatic heterocycles. The SMILES string of the molecule is C[C@@H]1CN(C(=O)COc2cccc(I)c2)C[C@H]1C(=O)O. The fraction of sp³-hybridized carbons (Fsp3) is 0.429. The van der Waals surface area contributed by atoms with Crippen molar-refractivity contribution in [3.63, 3.8) is 0 Å². The highest BCUT2D eigenvalue weighted by Gasteiger charge is 2.36. The second kappa shape index (κ2) is 6.43. The van der Waals surface area contributed by atoms with Crippen molar-refractivity contribution >= 4 is 34.5 Å². The minimum atomic E-state index is -0.841. The summed E-state index contributed by atoms with van der Waals surface area (Å²) in [5.41, 5.74) is 0. The largest absolute Gasteiger partial charge is 0.484 e. The van der Waals surface area contributed by atoms with Gasteiger partial charge in [0.2, 0.25) is 0 Å². The number of hydrogen-bond acceptors (Lipinski definition) is 3. The van der Waals surface area contributed by atoms with Gasteiger partial charge in [0.25, 0.3) is 5.91 Å². The zero-order valence-electron chi connectivity index (χ0n) is 11.1. The zero-order chi connectivity index (χ0) is 14.7. The molecule has 1 fully saturated rings. The Morgan fingerprint density at radius 3 is 2.80 bits per heavy atom. The molecule has 0 spiro atoms. The number of carboxylic acids is 1. The van der Waals surface area contributed by atoms with Gasteiger partial charge in [-0.25, -0.2) is 0 Å². The van der Waals surface area contributed by atoms with E-state index in [4.69, 9.17) is 9.84 Å². The molecule has 0 unspecified atom stereocenters. The molecule has 0 aliphatic carbocycles. The third-order valence-corrected chi connectivity index (χ3v) is 4.11. The monoisotopic (exact) mass is 389 g/mol. The molecule has 1 heterocycles. The van der Waals surface area contributed by atoms with Crippen molar-refractivity contribution < 1.29 is 19.4 Å². The summed E-state index contributed by atoms with van der Waals surface area (Å²) in [6.07, 6.45) is 0. The summed E-state index contributed by atoms with van der Waals surface area (Å²) in [4.78, 5) is 24.6. The van der Waals surface area contributed by atoms with Crippen LogP contribution in [-0.4, -0.2) is 41.6 Å². The summed E-state index contributed by atoms with van der Waals surface area (Å²) >= 11 is 2.17. The van der Waals surface area contributed by atoms with Crippen LogP contribution in [0.2, 0.25) is 0 Å². The molecule has 20 heavy (non-hydrogen) atoms. The number of ether oxygens (including phenoxy) is 1. The van der Waals surface area contributed by atoms with Crippen LogP contribution in [0.3, 0.4) is 0 Å². The standard InChI is InChI=1S/C14H16INO4/c1-9-6-16(7-12(9)14(18)19)13(17)8-20-11-4-2-3-10(15)5-11/h2-5,9,12H,6-8H2,1H3,(H,18,19)/t9-,12-/m1/s1. The van der Waals surface area contributed by atoms with E-state index in [-0.39, 0.29) is 25.0 Å². The minimum Gasteiger partial charge on any atom is -0.484 e. The zero-order valence-corrected chi connectivity index (χ0v) is 13.2. The molecule has 108 valence electrons. The van der Waals surface area contributed by atoms with E-state index in [2.05, 4.69) is 22.6 Å². The number of aliphatic carboxylic acids is 1. The van der Waals surface area contributed by atoms with Crippen LogP contribution in [0.4, 0.5) is 0 Å². The number of rotatable bonds is 4. The summed E-state index contributed by atoms with van der Waals surface area (Å²) in [5.74, 6) is -0.858. The Hall–Kier alpha value is -1.31. The van der Waals surface area contributed by atoms with Gasteiger partial charge in [0.1, 0.15) is 5.75 Å². The Balaban J connectivity index is 1.88. The molecule has 0 saturated carbocycles. The van der Waals surface area contributed by atoms with Crippen LogP contribution in [0.25, 0.3) is 0 Å². The molecular weight excluding hydrogens is 373 g/mol. The number of halogens is 1. The van der Waals surface area contributed by atoms with Gasteiger partial charge in [0.15, 0.2) is 6.61 Å². The van der Waals surface area contributed by atoms with Gasteiger partial charge in [-0.2, -0.15) is 0 Å². The van der Waals surface area contributed by atoms with E-state index in [9.17, 15) is 9.59 Å². The molecule has 6 heteroatoms. The molecular formula is C14H16INO4. The summed E-state index contributed by atoms with van der Waals surface area (Å²) in [5, 5.41) is 9.05. The molecule has 1 aromatic rings. The van der Waals surface area contributed by atoms with Crippen LogP contribution in [0.1, 0.15) is 6.92 Å². The van der Waals surface area contributed by atoms with E-state index in [1.165, 1.54) is 0 Å². The van der Waals surface area contributed by atoms with Gasteiger partial charge in [-0.3, -0.25) is 9.59 Å². The first-order chi connectivity index (χ1) is 9.47. The fourth-order valence-electron chi connectivity index (χ4n) is 2.29. The lowest BCUT2D eigenvalue weighted by atomic mass is 9.99. The Kier molecular flexibility index (Phi) is 4.85. The predicted molar refractivity (Wildman–Crippen MR) is 81.5 cm³/mol. The van der Waals surface area contributed by atoms with Gasteiger partial charge < -0.3 is 14.7 Å². The number of carbonyl (C=O) groups excluding carboxylic acids is 1. The van der Waals surface area contributed by atoms with E-state index in [0.717, 1.165) is 3.57 Å². The molecule has 2 rings (SSSR count). The minimum absolute atomic E-state index is 0.0193. The van der Waals surface area contributed by atoms with Gasteiger partial charge >= 0.3 is 5.97 Å². The van der Waals surface area contributed by atoms with E-state index in [1.807, 2.05) is 25.1 Å². The summed E-state index contributed by atoms with van der Waals surface area (Å²) < 4.78 is 6.48. The molecule has 0 bridgehead atoms. The highest BCUT2D eigenvalue weighted by atomic mass is 127. The number of nitrogens with zero attached hydrogens (tertiary/aromatic N) is 1. The van der Waals surface area contributed by atoms with E-state index >= 15 is 0 Å². The van der Waals surface area contributed by atoms with Gasteiger partial charge in [-0.1, -0.05) is 13.0 Å². The van der Waals surface area contributed by atoms with Crippen molar-refractivity contribution in [2.45, 2.75) is 6.92 Å². The third kappa shape index (κ3) is 3.62. The quantitative estimate of drug-likeness (QED) is 0.799. The summed E-state index contributed by atoms with van der Waals surface area (Å²) in [6.45, 7) is 2.54. The molecule has 1 aliphatic rings. The lowest BCUT2D eigenvalue weighted by molar-refractivity contribution is -0.142. The average molecular weight is 389 g/mol. The van der Waals surface area contributed by atoms with Crippen molar-refractivity contribution in [3.8, 4) is 5.75 Å². The van der Waals surface area contributed by atoms with Gasteiger partial charge in [-0.15, -0.1) is 0 Å². The molecule has 2 atom stereocenters. The summed E-state index contributed by atoms with van der Waals surface area (Å²) in [7, 11) is 0. The van der Waals surface area contributed by atoms with Crippen LogP contribution in [0.5, 0.6) is 5.75 Å². The first-order valence-corrected chi connectivity index (χ1v) is 7.44. The maximum Gasteiger partial charge on any atom is 0.308 e. The van der Waals surface area contributed by atoms with Crippen molar-refractivity contribution in [1.82, 2.24) is 4.90 Å². The molecule has 1 aliphatic heterocycles. The fourth-order valence-corrected chi connectivity index (χ4v) is 2.80. The normalized spacial score (nSPS) is 21.8. The number of carboxylic acid groups (broad SMARTS) is 1. The Morgan fingerprint density at radius 1 is 1.45 bits per heavy atom. The van der Waals surface area contributed by atoms with Gasteiger partial charge in [0.05, 0.1) is 5.92 Å². The number of likely N-dealkylation sites (tertiary alicyclic amines) is 1. The molecule has 1 aromatic carbocycles. The topological polar surface area (TPSA) is 66.8 Å². The molecule has 1 N–H and O–H groups in total. The molecule has 1 saturated heterocycles. The van der Waals surface area contributed by atoms with E-state index in [0.29, 0.717) is 12.3 Å². The lowest BCUT2D eigenvalue weighted by Gasteiger charge is -2.16. The molecule has 0 radical (unpaired) electrons. The van der Waals surface area contributed by atoms with Crippen molar-refractivity contribution in [2.75, 3.05) is 19.7 Å². The first kappa shape index (κ1) is 15.1. The van der Waals surface area contributed by atoms with Gasteiger partial charge in [0, 0.05) is 16.7 Å². The van der Waals surface area contributed by atoms with E-state index in [1.54, 1.807) is 11.0 Å². The maximum atomic E-state index is 12.0. The second-order valence-electron chi connectivity index (χ2n) is 4.97. The first-order valence-electron chi connectivity index (χ1n) is 6.36. The highest BCUT2D eigenvalue weighted by Crippen LogP contribution is 2.23. The number of benzene rings is 1. The summed E-state index contributed by atoms with van der Waals surface area (Å²) in [6, 6.07) is 7.44. The molecule has 5 nitrogen and oxygen atoms in total. The Bertz CT molecular complexity index is 520. The second-order valence-corrected chi connectivity index (χ2v) is 6.21. The van der Waals surface area contributed by atoms with Gasteiger partial charge in [-0.05, 0) is 46.7 Å². The van der Waals surface area contributed by atoms with Crippen molar-refractivity contribution in [2.24, 2.45) is 11.8 Å². The predicted octanol–water partition coefficient (Wildman–Crippen LogP) is 1.85. The Labute approximate surface area is 131 Å².